The van der Waals surface area contributed by atoms with Crippen LogP contribution < -0.4 is 0 Å². The van der Waals surface area contributed by atoms with E-state index in [0.29, 0.717) is 22.2 Å². The first-order valence-corrected chi connectivity index (χ1v) is 11.9. The quantitative estimate of drug-likeness (QED) is 0.379. The molecule has 6 rings (SSSR count). The third kappa shape index (κ3) is 3.35. The van der Waals surface area contributed by atoms with Crippen LogP contribution in [0.25, 0.3) is 38.9 Å². The van der Waals surface area contributed by atoms with Gasteiger partial charge in [-0.2, -0.15) is 28.0 Å². The lowest BCUT2D eigenvalue weighted by molar-refractivity contribution is 0.577. The molecule has 6 aromatic rings. The first kappa shape index (κ1) is 20.8. The van der Waals surface area contributed by atoms with Gasteiger partial charge in [-0.15, -0.1) is 0 Å². The zero-order chi connectivity index (χ0) is 24.2. The van der Waals surface area contributed by atoms with Gasteiger partial charge in [-0.05, 0) is 41.5 Å². The highest BCUT2D eigenvalue weighted by Gasteiger charge is 2.25. The van der Waals surface area contributed by atoms with Gasteiger partial charge in [0.05, 0.1) is 30.2 Å². The largest absolute Gasteiger partial charge is 0.301 e. The summed E-state index contributed by atoms with van der Waals surface area (Å²) in [5.41, 5.74) is 4.85. The van der Waals surface area contributed by atoms with E-state index in [-0.39, 0.29) is 5.03 Å². The van der Waals surface area contributed by atoms with Crippen LogP contribution in [0.5, 0.6) is 0 Å². The summed E-state index contributed by atoms with van der Waals surface area (Å²) in [6.45, 7) is 0. The lowest BCUT2D eigenvalue weighted by Crippen LogP contribution is -2.16. The van der Waals surface area contributed by atoms with Crippen molar-refractivity contribution in [2.45, 2.75) is 5.03 Å². The second-order valence-corrected chi connectivity index (χ2v) is 9.67. The number of hydrogen-bond acceptors (Lipinski definition) is 7. The molecule has 170 valence electrons. The molecule has 35 heavy (non-hydrogen) atoms. The Bertz CT molecular complexity index is 1910. The summed E-state index contributed by atoms with van der Waals surface area (Å²) in [7, 11) is -2.31. The molecule has 10 nitrogen and oxygen atoms in total. The monoisotopic (exact) mass is 480 g/mol. The van der Waals surface area contributed by atoms with E-state index in [4.69, 9.17) is 0 Å². The van der Waals surface area contributed by atoms with E-state index in [1.165, 1.54) is 16.8 Å². The van der Waals surface area contributed by atoms with Crippen molar-refractivity contribution >= 4 is 26.7 Å². The van der Waals surface area contributed by atoms with Crippen LogP contribution in [-0.2, 0) is 17.1 Å². The van der Waals surface area contributed by atoms with Crippen molar-refractivity contribution in [3.8, 4) is 28.3 Å². The molecule has 0 radical (unpaired) electrons. The summed E-state index contributed by atoms with van der Waals surface area (Å²) in [5.74, 6) is 0. The van der Waals surface area contributed by atoms with Crippen LogP contribution in [0.15, 0.2) is 84.7 Å². The summed E-state index contributed by atoms with van der Waals surface area (Å²) in [5, 5.41) is 17.5. The third-order valence-electron chi connectivity index (χ3n) is 5.72. The number of aromatic nitrogens is 7. The van der Waals surface area contributed by atoms with Crippen molar-refractivity contribution < 1.29 is 8.42 Å². The molecule has 0 atom stereocenters. The number of fused-ring (bicyclic) bond motifs is 2. The zero-order valence-corrected chi connectivity index (χ0v) is 19.1. The summed E-state index contributed by atoms with van der Waals surface area (Å²) in [6.07, 6.45) is 9.59. The number of aryl methyl sites for hydroxylation is 1. The molecule has 5 aromatic heterocycles. The molecule has 0 aliphatic carbocycles. The Labute approximate surface area is 199 Å². The highest BCUT2D eigenvalue weighted by Crippen LogP contribution is 2.27. The number of nitriles is 1. The van der Waals surface area contributed by atoms with Crippen molar-refractivity contribution in [1.82, 2.24) is 33.3 Å². The van der Waals surface area contributed by atoms with Crippen LogP contribution in [0, 0.1) is 11.3 Å². The Morgan fingerprint density at radius 3 is 2.54 bits per heavy atom. The third-order valence-corrected chi connectivity index (χ3v) is 7.29. The van der Waals surface area contributed by atoms with Crippen LogP contribution in [0.1, 0.15) is 5.56 Å². The van der Waals surface area contributed by atoms with Gasteiger partial charge in [-0.3, -0.25) is 14.1 Å². The maximum Gasteiger partial charge on any atom is 0.301 e. The predicted octanol–water partition coefficient (Wildman–Crippen LogP) is 3.26. The lowest BCUT2D eigenvalue weighted by Gasteiger charge is -2.08. The Hall–Kier alpha value is -4.82. The minimum absolute atomic E-state index is 0.0393. The molecular formula is C24H16N8O2S. The van der Waals surface area contributed by atoms with Gasteiger partial charge in [-0.25, -0.2) is 4.98 Å². The molecule has 0 bridgehead atoms. The molecule has 0 N–H and O–H groups in total. The van der Waals surface area contributed by atoms with Crippen molar-refractivity contribution in [3.63, 3.8) is 0 Å². The van der Waals surface area contributed by atoms with E-state index in [1.54, 1.807) is 60.7 Å². The molecule has 0 aliphatic heterocycles. The minimum Gasteiger partial charge on any atom is -0.288 e. The molecule has 0 aliphatic rings. The van der Waals surface area contributed by atoms with Gasteiger partial charge in [-0.1, -0.05) is 12.1 Å². The summed E-state index contributed by atoms with van der Waals surface area (Å²) < 4.78 is 31.6. The fourth-order valence-electron chi connectivity index (χ4n) is 3.98. The van der Waals surface area contributed by atoms with E-state index in [0.717, 1.165) is 26.3 Å². The Morgan fingerprint density at radius 1 is 0.857 bits per heavy atom. The number of imidazole rings is 1. The first-order valence-electron chi connectivity index (χ1n) is 10.5. The summed E-state index contributed by atoms with van der Waals surface area (Å²) >= 11 is 0. The van der Waals surface area contributed by atoms with Gasteiger partial charge in [0.15, 0.2) is 5.03 Å². The summed E-state index contributed by atoms with van der Waals surface area (Å²) in [4.78, 5) is 8.66. The second kappa shape index (κ2) is 7.61. The maximum absolute atomic E-state index is 13.7. The molecule has 0 saturated heterocycles. The molecule has 0 fully saturated rings. The minimum atomic E-state index is -4.12. The van der Waals surface area contributed by atoms with Crippen molar-refractivity contribution in [2.75, 3.05) is 0 Å². The van der Waals surface area contributed by atoms with E-state index >= 15 is 0 Å². The molecule has 0 amide bonds. The fraction of sp³-hybridized carbons (Fsp3) is 0.0417. The smallest absolute Gasteiger partial charge is 0.288 e. The number of pyridine rings is 2. The highest BCUT2D eigenvalue weighted by molar-refractivity contribution is 7.90. The average Bonchev–Trinajstić information content (AvgIpc) is 3.61. The summed E-state index contributed by atoms with van der Waals surface area (Å²) in [6, 6.07) is 14.5. The van der Waals surface area contributed by atoms with Crippen LogP contribution >= 0.6 is 0 Å². The van der Waals surface area contributed by atoms with Gasteiger partial charge in [0, 0.05) is 36.8 Å². The molecule has 0 spiro atoms. The predicted molar refractivity (Wildman–Crippen MR) is 128 cm³/mol. The van der Waals surface area contributed by atoms with Crippen molar-refractivity contribution in [1.29, 1.82) is 5.26 Å². The van der Waals surface area contributed by atoms with E-state index in [2.05, 4.69) is 26.2 Å². The maximum atomic E-state index is 13.7. The van der Waals surface area contributed by atoms with Crippen molar-refractivity contribution in [2.24, 2.45) is 7.05 Å². The molecule has 0 unspecified atom stereocenters. The van der Waals surface area contributed by atoms with Gasteiger partial charge in [0.1, 0.15) is 16.7 Å². The van der Waals surface area contributed by atoms with Crippen LogP contribution in [0.4, 0.5) is 0 Å². The van der Waals surface area contributed by atoms with Gasteiger partial charge in [0.2, 0.25) is 0 Å². The van der Waals surface area contributed by atoms with Crippen LogP contribution in [0.3, 0.4) is 0 Å². The van der Waals surface area contributed by atoms with E-state index in [9.17, 15) is 13.7 Å². The Morgan fingerprint density at radius 2 is 1.74 bits per heavy atom. The topological polar surface area (TPSA) is 124 Å². The highest BCUT2D eigenvalue weighted by atomic mass is 32.2. The zero-order valence-electron chi connectivity index (χ0n) is 18.3. The molecular weight excluding hydrogens is 464 g/mol. The lowest BCUT2D eigenvalue weighted by atomic mass is 10.1. The van der Waals surface area contributed by atoms with Crippen molar-refractivity contribution in [3.05, 3.63) is 85.2 Å². The number of hydrogen-bond donors (Lipinski definition) is 0. The van der Waals surface area contributed by atoms with Gasteiger partial charge in [0.25, 0.3) is 0 Å². The molecule has 1 aromatic carbocycles. The van der Waals surface area contributed by atoms with E-state index in [1.807, 2.05) is 18.3 Å². The number of rotatable bonds is 4. The van der Waals surface area contributed by atoms with Gasteiger partial charge >= 0.3 is 10.0 Å². The van der Waals surface area contributed by atoms with E-state index < -0.39 is 10.0 Å². The molecule has 5 heterocycles. The Kier molecular flexibility index (Phi) is 4.51. The average molecular weight is 481 g/mol. The second-order valence-electron chi connectivity index (χ2n) is 7.96. The number of benzene rings is 1. The SMILES string of the molecule is Cn1cc(-c2cnc3cnn(S(=O)(=O)c4cnc5ccc(-c6cccc(C#N)c6)cn45)c3c2)cn1. The standard InChI is InChI=1S/C24H16N8O2S/c1-30-14-20(11-28-30)19-8-22-21(26-10-19)12-29-32(22)35(33,34)24-13-27-23-6-5-18(15-31(23)24)17-4-2-3-16(7-17)9-25/h2-8,10-15H,1H3. The van der Waals surface area contributed by atoms with Crippen LogP contribution in [-0.4, -0.2) is 41.8 Å². The Balaban J connectivity index is 1.50. The van der Waals surface area contributed by atoms with Gasteiger partial charge < -0.3 is 0 Å². The molecule has 0 saturated carbocycles. The normalized spacial score (nSPS) is 11.8. The first-order chi connectivity index (χ1) is 16.9. The fourth-order valence-corrected chi connectivity index (χ4v) is 5.32. The molecule has 11 heteroatoms. The number of nitrogens with zero attached hydrogens (tertiary/aromatic N) is 8. The van der Waals surface area contributed by atoms with Crippen LogP contribution in [0.2, 0.25) is 0 Å².